The van der Waals surface area contributed by atoms with Gasteiger partial charge in [-0.15, -0.1) is 0 Å². The number of para-hydroxylation sites is 1. The highest BCUT2D eigenvalue weighted by atomic mass is 32.2. The number of carbonyl (C=O) groups is 1. The Morgan fingerprint density at radius 2 is 1.55 bits per heavy atom. The first-order chi connectivity index (χ1) is 13.9. The number of nitrogens with one attached hydrogen (secondary N) is 3. The summed E-state index contributed by atoms with van der Waals surface area (Å²) in [7, 11) is 0.108. The maximum absolute atomic E-state index is 12.8. The summed E-state index contributed by atoms with van der Waals surface area (Å²) in [5, 5.41) is 6.83. The molecule has 8 heteroatoms. The van der Waals surface area contributed by atoms with E-state index in [4.69, 9.17) is 0 Å². The Balaban J connectivity index is 1.64. The number of rotatable bonds is 7. The van der Waals surface area contributed by atoms with Crippen LogP contribution in [-0.4, -0.2) is 41.6 Å². The van der Waals surface area contributed by atoms with Crippen LogP contribution in [0.15, 0.2) is 71.6 Å². The maximum Gasteiger partial charge on any atom is 0.319 e. The van der Waals surface area contributed by atoms with Crippen LogP contribution in [0.25, 0.3) is 10.8 Å². The van der Waals surface area contributed by atoms with Crippen molar-refractivity contribution in [1.82, 2.24) is 10.0 Å². The summed E-state index contributed by atoms with van der Waals surface area (Å²) in [6.45, 7) is 0.236. The molecule has 0 saturated heterocycles. The zero-order valence-electron chi connectivity index (χ0n) is 16.3. The van der Waals surface area contributed by atoms with Gasteiger partial charge in [-0.25, -0.2) is 17.9 Å². The molecule has 3 aromatic rings. The van der Waals surface area contributed by atoms with E-state index in [0.717, 1.165) is 11.1 Å². The first-order valence-corrected chi connectivity index (χ1v) is 10.7. The van der Waals surface area contributed by atoms with Crippen LogP contribution in [0.4, 0.5) is 16.2 Å². The lowest BCUT2D eigenvalue weighted by atomic mass is 10.1. The van der Waals surface area contributed by atoms with Crippen molar-refractivity contribution in [3.05, 3.63) is 66.7 Å². The van der Waals surface area contributed by atoms with E-state index in [1.165, 1.54) is 0 Å². The number of urea groups is 1. The molecule has 0 fully saturated rings. The predicted molar refractivity (Wildman–Crippen MR) is 117 cm³/mol. The second-order valence-electron chi connectivity index (χ2n) is 6.67. The van der Waals surface area contributed by atoms with E-state index in [2.05, 4.69) is 15.4 Å². The molecular weight excluding hydrogens is 388 g/mol. The highest BCUT2D eigenvalue weighted by Gasteiger charge is 2.18. The largest absolute Gasteiger partial charge is 0.377 e. The monoisotopic (exact) mass is 412 g/mol. The summed E-state index contributed by atoms with van der Waals surface area (Å²) in [4.78, 5) is 14.0. The average molecular weight is 413 g/mol. The lowest BCUT2D eigenvalue weighted by Crippen LogP contribution is -2.36. The van der Waals surface area contributed by atoms with Gasteiger partial charge in [0.2, 0.25) is 10.0 Å². The quantitative estimate of drug-likeness (QED) is 0.521. The van der Waals surface area contributed by atoms with E-state index in [1.807, 2.05) is 55.4 Å². The molecule has 3 rings (SSSR count). The third-order valence-electron chi connectivity index (χ3n) is 4.36. The summed E-state index contributed by atoms with van der Waals surface area (Å²) in [6, 6.07) is 19.4. The molecule has 152 valence electrons. The number of hydrogen-bond acceptors (Lipinski definition) is 4. The van der Waals surface area contributed by atoms with Crippen molar-refractivity contribution in [2.24, 2.45) is 0 Å². The van der Waals surface area contributed by atoms with Crippen LogP contribution in [0.1, 0.15) is 0 Å². The Bertz CT molecular complexity index is 1100. The zero-order chi connectivity index (χ0) is 20.9. The number of carbonyl (C=O) groups excluding carboxylic acids is 1. The Morgan fingerprint density at radius 3 is 2.28 bits per heavy atom. The second-order valence-corrected chi connectivity index (χ2v) is 8.40. The molecule has 3 aromatic carbocycles. The minimum Gasteiger partial charge on any atom is -0.377 e. The van der Waals surface area contributed by atoms with Gasteiger partial charge >= 0.3 is 6.03 Å². The molecule has 2 amide bonds. The predicted octanol–water partition coefficient (Wildman–Crippen LogP) is 3.01. The van der Waals surface area contributed by atoms with Gasteiger partial charge in [-0.1, -0.05) is 42.5 Å². The molecular formula is C21H24N4O3S. The van der Waals surface area contributed by atoms with Crippen molar-refractivity contribution in [2.45, 2.75) is 4.90 Å². The molecule has 7 nitrogen and oxygen atoms in total. The van der Waals surface area contributed by atoms with Crippen LogP contribution in [-0.2, 0) is 10.0 Å². The van der Waals surface area contributed by atoms with E-state index in [0.29, 0.717) is 11.1 Å². The van der Waals surface area contributed by atoms with Gasteiger partial charge in [-0.05, 0) is 24.3 Å². The minimum atomic E-state index is -3.73. The lowest BCUT2D eigenvalue weighted by molar-refractivity contribution is 0.252. The molecule has 0 unspecified atom stereocenters. The van der Waals surface area contributed by atoms with Gasteiger partial charge in [0.15, 0.2) is 0 Å². The van der Waals surface area contributed by atoms with Crippen molar-refractivity contribution in [1.29, 1.82) is 0 Å². The second kappa shape index (κ2) is 8.93. The molecule has 0 aliphatic carbocycles. The molecule has 0 aliphatic heterocycles. The molecule has 3 N–H and O–H groups in total. The highest BCUT2D eigenvalue weighted by molar-refractivity contribution is 7.89. The van der Waals surface area contributed by atoms with E-state index in [1.54, 1.807) is 30.3 Å². The van der Waals surface area contributed by atoms with Crippen LogP contribution in [0.2, 0.25) is 0 Å². The normalized spacial score (nSPS) is 11.2. The summed E-state index contributed by atoms with van der Waals surface area (Å²) in [5.74, 6) is 0. The topological polar surface area (TPSA) is 90.5 Å². The molecule has 0 saturated carbocycles. The average Bonchev–Trinajstić information content (AvgIpc) is 2.71. The third kappa shape index (κ3) is 5.04. The van der Waals surface area contributed by atoms with Crippen molar-refractivity contribution >= 4 is 38.2 Å². The molecule has 0 aliphatic rings. The minimum absolute atomic E-state index is 0.0777. The Hall–Kier alpha value is -3.10. The van der Waals surface area contributed by atoms with Crippen molar-refractivity contribution in [2.75, 3.05) is 37.4 Å². The Kier molecular flexibility index (Phi) is 6.36. The number of nitrogens with zero attached hydrogens (tertiary/aromatic N) is 1. The van der Waals surface area contributed by atoms with Crippen LogP contribution in [0.5, 0.6) is 0 Å². The third-order valence-corrected chi connectivity index (χ3v) is 5.88. The smallest absolute Gasteiger partial charge is 0.319 e. The van der Waals surface area contributed by atoms with Gasteiger partial charge in [0, 0.05) is 49.3 Å². The van der Waals surface area contributed by atoms with E-state index >= 15 is 0 Å². The van der Waals surface area contributed by atoms with Crippen molar-refractivity contribution < 1.29 is 13.2 Å². The number of amides is 2. The van der Waals surface area contributed by atoms with E-state index < -0.39 is 16.1 Å². The molecule has 0 spiro atoms. The number of anilines is 2. The van der Waals surface area contributed by atoms with E-state index in [9.17, 15) is 13.2 Å². The molecule has 0 bridgehead atoms. The number of fused-ring (bicyclic) bond motifs is 1. The number of hydrogen-bond donors (Lipinski definition) is 3. The van der Waals surface area contributed by atoms with Crippen LogP contribution in [0, 0.1) is 0 Å². The van der Waals surface area contributed by atoms with Gasteiger partial charge in [0.1, 0.15) is 0 Å². The van der Waals surface area contributed by atoms with E-state index in [-0.39, 0.29) is 18.0 Å². The number of sulfonamides is 1. The molecule has 0 atom stereocenters. The summed E-state index contributed by atoms with van der Waals surface area (Å²) in [6.07, 6.45) is 0. The van der Waals surface area contributed by atoms with Gasteiger partial charge in [0.25, 0.3) is 0 Å². The molecule has 0 radical (unpaired) electrons. The standard InChI is InChI=1S/C21H24N4O3S/c1-25(2)19-12-6-11-18-17(19)10-7-13-20(18)29(27,28)23-15-14-22-21(26)24-16-8-4-3-5-9-16/h3-13,23H,14-15H2,1-2H3,(H2,22,24,26). The van der Waals surface area contributed by atoms with Crippen molar-refractivity contribution in [3.63, 3.8) is 0 Å². The maximum atomic E-state index is 12.8. The summed E-state index contributed by atoms with van der Waals surface area (Å²) < 4.78 is 28.2. The van der Waals surface area contributed by atoms with Crippen molar-refractivity contribution in [3.8, 4) is 0 Å². The van der Waals surface area contributed by atoms with Gasteiger partial charge < -0.3 is 15.5 Å². The fraction of sp³-hybridized carbons (Fsp3) is 0.190. The van der Waals surface area contributed by atoms with Crippen LogP contribution < -0.4 is 20.3 Å². The first kappa shape index (κ1) is 20.6. The SMILES string of the molecule is CN(C)c1cccc2c(S(=O)(=O)NCCNC(=O)Nc3ccccc3)cccc12. The first-order valence-electron chi connectivity index (χ1n) is 9.17. The van der Waals surface area contributed by atoms with Gasteiger partial charge in [-0.3, -0.25) is 0 Å². The molecule has 0 aromatic heterocycles. The fourth-order valence-electron chi connectivity index (χ4n) is 3.02. The van der Waals surface area contributed by atoms with Gasteiger partial charge in [0.05, 0.1) is 4.90 Å². The Morgan fingerprint density at radius 1 is 0.862 bits per heavy atom. The lowest BCUT2D eigenvalue weighted by Gasteiger charge is -2.17. The summed E-state index contributed by atoms with van der Waals surface area (Å²) >= 11 is 0. The highest BCUT2D eigenvalue weighted by Crippen LogP contribution is 2.29. The number of benzene rings is 3. The fourth-order valence-corrected chi connectivity index (χ4v) is 4.28. The van der Waals surface area contributed by atoms with Crippen LogP contribution in [0.3, 0.4) is 0 Å². The molecule has 29 heavy (non-hydrogen) atoms. The van der Waals surface area contributed by atoms with Crippen LogP contribution >= 0.6 is 0 Å². The molecule has 0 heterocycles. The van der Waals surface area contributed by atoms with Gasteiger partial charge in [-0.2, -0.15) is 0 Å². The zero-order valence-corrected chi connectivity index (χ0v) is 17.2. The summed E-state index contributed by atoms with van der Waals surface area (Å²) in [5.41, 5.74) is 1.61. The Labute approximate surface area is 170 Å².